The van der Waals surface area contributed by atoms with Gasteiger partial charge in [0.2, 0.25) is 0 Å². The van der Waals surface area contributed by atoms with Crippen molar-refractivity contribution in [3.63, 3.8) is 0 Å². The maximum absolute atomic E-state index is 14.5. The zero-order chi connectivity index (χ0) is 24.4. The number of halogens is 2. The Bertz CT molecular complexity index is 1190. The fraction of sp³-hybridized carbons (Fsp3) is 0.423. The van der Waals surface area contributed by atoms with Crippen LogP contribution in [0.2, 0.25) is 5.02 Å². The van der Waals surface area contributed by atoms with Crippen molar-refractivity contribution < 1.29 is 13.9 Å². The SMILES string of the molecule is COc1c(F)cc(-c2ccc3ncc(C(C)=O)c(NC4CCC(CN(C)C)CC4)c3n2)cc1Cl. The number of nitrogens with zero attached hydrogens (tertiary/aromatic N) is 3. The number of fused-ring (bicyclic) bond motifs is 1. The number of carbonyl (C=O) groups excluding carboxylic acids is 1. The Morgan fingerprint density at radius 2 is 1.97 bits per heavy atom. The van der Waals surface area contributed by atoms with Crippen LogP contribution in [-0.2, 0) is 0 Å². The van der Waals surface area contributed by atoms with Crippen LogP contribution in [0.5, 0.6) is 5.75 Å². The van der Waals surface area contributed by atoms with Crippen molar-refractivity contribution in [2.24, 2.45) is 5.92 Å². The fourth-order valence-corrected chi connectivity index (χ4v) is 5.04. The summed E-state index contributed by atoms with van der Waals surface area (Å²) in [7, 11) is 5.59. The number of carbonyl (C=O) groups is 1. The second-order valence-corrected chi connectivity index (χ2v) is 9.67. The van der Waals surface area contributed by atoms with E-state index >= 15 is 0 Å². The van der Waals surface area contributed by atoms with Gasteiger partial charge in [-0.1, -0.05) is 11.6 Å². The molecule has 0 aliphatic heterocycles. The Kier molecular flexibility index (Phi) is 7.33. The van der Waals surface area contributed by atoms with Crippen LogP contribution < -0.4 is 10.1 Å². The zero-order valence-corrected chi connectivity index (χ0v) is 20.7. The lowest BCUT2D eigenvalue weighted by atomic mass is 9.85. The van der Waals surface area contributed by atoms with Gasteiger partial charge in [0.15, 0.2) is 17.3 Å². The molecule has 1 saturated carbocycles. The van der Waals surface area contributed by atoms with Crippen molar-refractivity contribution in [1.29, 1.82) is 0 Å². The molecule has 0 amide bonds. The molecule has 1 N–H and O–H groups in total. The van der Waals surface area contributed by atoms with Crippen molar-refractivity contribution in [3.05, 3.63) is 46.9 Å². The number of pyridine rings is 2. The molecule has 1 fully saturated rings. The highest BCUT2D eigenvalue weighted by Crippen LogP contribution is 2.35. The minimum Gasteiger partial charge on any atom is -0.492 e. The van der Waals surface area contributed by atoms with Crippen molar-refractivity contribution in [2.75, 3.05) is 33.1 Å². The third-order valence-electron chi connectivity index (χ3n) is 6.41. The minimum atomic E-state index is -0.560. The van der Waals surface area contributed by atoms with Crippen LogP contribution in [0.1, 0.15) is 43.0 Å². The van der Waals surface area contributed by atoms with Gasteiger partial charge in [-0.2, -0.15) is 0 Å². The van der Waals surface area contributed by atoms with Crippen LogP contribution in [0, 0.1) is 11.7 Å². The predicted octanol–water partition coefficient (Wildman–Crippen LogP) is 5.83. The lowest BCUT2D eigenvalue weighted by Crippen LogP contribution is -2.31. The minimum absolute atomic E-state index is 0.000960. The molecule has 180 valence electrons. The molecular formula is C26H30ClFN4O2. The molecule has 4 rings (SSSR count). The number of benzene rings is 1. The van der Waals surface area contributed by atoms with Gasteiger partial charge in [-0.15, -0.1) is 0 Å². The molecule has 1 aliphatic rings. The van der Waals surface area contributed by atoms with Crippen molar-refractivity contribution >= 4 is 34.1 Å². The Balaban J connectivity index is 1.71. The Labute approximate surface area is 204 Å². The highest BCUT2D eigenvalue weighted by atomic mass is 35.5. The summed E-state index contributed by atoms with van der Waals surface area (Å²) < 4.78 is 19.5. The van der Waals surface area contributed by atoms with Gasteiger partial charge in [0.05, 0.1) is 34.6 Å². The molecule has 3 aromatic rings. The summed E-state index contributed by atoms with van der Waals surface area (Å²) in [6, 6.07) is 6.83. The van der Waals surface area contributed by atoms with Gasteiger partial charge in [0.1, 0.15) is 5.52 Å². The molecule has 0 bridgehead atoms. The highest BCUT2D eigenvalue weighted by molar-refractivity contribution is 6.32. The Morgan fingerprint density at radius 3 is 2.59 bits per heavy atom. The van der Waals surface area contributed by atoms with Crippen molar-refractivity contribution in [1.82, 2.24) is 14.9 Å². The molecule has 0 unspecified atom stereocenters. The number of hydrogen-bond donors (Lipinski definition) is 1. The summed E-state index contributed by atoms with van der Waals surface area (Å²) in [6.07, 6.45) is 5.93. The monoisotopic (exact) mass is 484 g/mol. The normalized spacial score (nSPS) is 18.3. The molecule has 0 saturated heterocycles. The topological polar surface area (TPSA) is 67.3 Å². The maximum Gasteiger partial charge on any atom is 0.173 e. The van der Waals surface area contributed by atoms with Gasteiger partial charge in [-0.25, -0.2) is 9.37 Å². The van der Waals surface area contributed by atoms with E-state index in [1.807, 2.05) is 6.07 Å². The third-order valence-corrected chi connectivity index (χ3v) is 6.69. The van der Waals surface area contributed by atoms with E-state index in [1.165, 1.54) is 20.1 Å². The van der Waals surface area contributed by atoms with Gasteiger partial charge in [-0.05, 0) is 76.9 Å². The van der Waals surface area contributed by atoms with E-state index in [9.17, 15) is 9.18 Å². The zero-order valence-electron chi connectivity index (χ0n) is 20.0. The summed E-state index contributed by atoms with van der Waals surface area (Å²) in [4.78, 5) is 23.9. The molecule has 1 aliphatic carbocycles. The van der Waals surface area contributed by atoms with E-state index in [1.54, 1.807) is 18.3 Å². The van der Waals surface area contributed by atoms with Gasteiger partial charge in [0, 0.05) is 24.3 Å². The number of anilines is 1. The molecular weight excluding hydrogens is 455 g/mol. The van der Waals surface area contributed by atoms with Gasteiger partial charge in [-0.3, -0.25) is 9.78 Å². The first-order chi connectivity index (χ1) is 16.3. The first-order valence-electron chi connectivity index (χ1n) is 11.5. The summed E-state index contributed by atoms with van der Waals surface area (Å²) in [6.45, 7) is 2.62. The van der Waals surface area contributed by atoms with Crippen LogP contribution in [0.25, 0.3) is 22.3 Å². The Morgan fingerprint density at radius 1 is 1.24 bits per heavy atom. The molecule has 0 spiro atoms. The molecule has 2 aromatic heterocycles. The number of hydrogen-bond acceptors (Lipinski definition) is 6. The van der Waals surface area contributed by atoms with E-state index in [0.717, 1.165) is 32.2 Å². The molecule has 6 nitrogen and oxygen atoms in total. The number of nitrogens with one attached hydrogen (secondary N) is 1. The second-order valence-electron chi connectivity index (χ2n) is 9.26. The van der Waals surface area contributed by atoms with Crippen molar-refractivity contribution in [3.8, 4) is 17.0 Å². The predicted molar refractivity (Wildman–Crippen MR) is 134 cm³/mol. The highest BCUT2D eigenvalue weighted by Gasteiger charge is 2.24. The summed E-state index contributed by atoms with van der Waals surface area (Å²) in [5.74, 6) is 0.0483. The lowest BCUT2D eigenvalue weighted by molar-refractivity contribution is 0.101. The maximum atomic E-state index is 14.5. The fourth-order valence-electron chi connectivity index (χ4n) is 4.75. The summed E-state index contributed by atoms with van der Waals surface area (Å²) >= 11 is 6.21. The number of Topliss-reactive ketones (excluding diaryl/α,β-unsaturated/α-hetero) is 1. The lowest BCUT2D eigenvalue weighted by Gasteiger charge is -2.31. The average Bonchev–Trinajstić information content (AvgIpc) is 2.79. The van der Waals surface area contributed by atoms with Gasteiger partial charge in [0.25, 0.3) is 0 Å². The third kappa shape index (κ3) is 5.15. The number of ether oxygens (including phenoxy) is 1. The van der Waals surface area contributed by atoms with Crippen molar-refractivity contribution in [2.45, 2.75) is 38.6 Å². The molecule has 8 heteroatoms. The van der Waals surface area contributed by atoms with E-state index in [4.69, 9.17) is 21.3 Å². The molecule has 2 heterocycles. The average molecular weight is 485 g/mol. The van der Waals surface area contributed by atoms with Crippen LogP contribution in [0.15, 0.2) is 30.5 Å². The number of aromatic nitrogens is 2. The first-order valence-corrected chi connectivity index (χ1v) is 11.9. The largest absolute Gasteiger partial charge is 0.492 e. The van der Waals surface area contributed by atoms with Crippen LogP contribution in [-0.4, -0.2) is 54.4 Å². The number of rotatable bonds is 7. The molecule has 0 atom stereocenters. The molecule has 0 radical (unpaired) electrons. The number of methoxy groups -OCH3 is 1. The van der Waals surface area contributed by atoms with E-state index in [0.29, 0.717) is 39.5 Å². The second kappa shape index (κ2) is 10.2. The Hall–Kier alpha value is -2.77. The number of ketones is 1. The van der Waals surface area contributed by atoms with Crippen LogP contribution >= 0.6 is 11.6 Å². The summed E-state index contributed by atoms with van der Waals surface area (Å²) in [5.41, 5.74) is 3.51. The quantitative estimate of drug-likeness (QED) is 0.425. The van der Waals surface area contributed by atoms with Crippen LogP contribution in [0.4, 0.5) is 10.1 Å². The summed E-state index contributed by atoms with van der Waals surface area (Å²) in [5, 5.41) is 3.78. The van der Waals surface area contributed by atoms with Gasteiger partial charge >= 0.3 is 0 Å². The molecule has 34 heavy (non-hydrogen) atoms. The van der Waals surface area contributed by atoms with E-state index in [-0.39, 0.29) is 22.6 Å². The standard InChI is InChI=1S/C26H30ClFN4O2/c1-15(33)19-13-29-23-10-9-22(17-11-20(27)26(34-4)21(28)12-17)31-25(23)24(19)30-18-7-5-16(6-8-18)14-32(2)3/h9-13,16,18H,5-8,14H2,1-4H3,(H,29,30). The smallest absolute Gasteiger partial charge is 0.173 e. The van der Waals surface area contributed by atoms with E-state index in [2.05, 4.69) is 29.3 Å². The van der Waals surface area contributed by atoms with Crippen LogP contribution in [0.3, 0.4) is 0 Å². The van der Waals surface area contributed by atoms with Gasteiger partial charge < -0.3 is 15.0 Å². The first kappa shape index (κ1) is 24.4. The van der Waals surface area contributed by atoms with E-state index < -0.39 is 5.82 Å². The molecule has 1 aromatic carbocycles.